The summed E-state index contributed by atoms with van der Waals surface area (Å²) in [6.07, 6.45) is -3.38. The van der Waals surface area contributed by atoms with E-state index in [-0.39, 0.29) is 17.6 Å². The van der Waals surface area contributed by atoms with Gasteiger partial charge in [-0.25, -0.2) is 0 Å². The van der Waals surface area contributed by atoms with Crippen molar-refractivity contribution in [2.24, 2.45) is 0 Å². The predicted octanol–water partition coefficient (Wildman–Crippen LogP) is 7.17. The van der Waals surface area contributed by atoms with Crippen LogP contribution >= 0.6 is 0 Å². The summed E-state index contributed by atoms with van der Waals surface area (Å²) in [5.41, 5.74) is 3.27. The van der Waals surface area contributed by atoms with Gasteiger partial charge in [0.15, 0.2) is 0 Å². The predicted molar refractivity (Wildman–Crippen MR) is 143 cm³/mol. The maximum atomic E-state index is 13.5. The molecule has 0 amide bonds. The quantitative estimate of drug-likeness (QED) is 0.244. The molecule has 4 aromatic rings. The van der Waals surface area contributed by atoms with Gasteiger partial charge in [0.25, 0.3) is 0 Å². The minimum atomic E-state index is -4.40. The van der Waals surface area contributed by atoms with E-state index >= 15 is 0 Å². The first-order chi connectivity index (χ1) is 18.4. The van der Waals surface area contributed by atoms with Gasteiger partial charge in [0.2, 0.25) is 0 Å². The SMILES string of the molecule is O=CC(c1ccccc1)N1CCN(Cc2ccc(-c3ccccc3C(F)(F)F)cc2)CC1c1ccccc1. The van der Waals surface area contributed by atoms with Crippen molar-refractivity contribution in [2.45, 2.75) is 24.8 Å². The third kappa shape index (κ3) is 5.72. The Hall–Kier alpha value is -3.74. The molecule has 4 aromatic carbocycles. The lowest BCUT2D eigenvalue weighted by molar-refractivity contribution is -0.137. The fourth-order valence-electron chi connectivity index (χ4n) is 5.33. The van der Waals surface area contributed by atoms with Gasteiger partial charge in [0, 0.05) is 32.2 Å². The second-order valence-corrected chi connectivity index (χ2v) is 9.63. The van der Waals surface area contributed by atoms with E-state index in [1.54, 1.807) is 18.2 Å². The first-order valence-electron chi connectivity index (χ1n) is 12.7. The Labute approximate surface area is 221 Å². The van der Waals surface area contributed by atoms with E-state index in [1.165, 1.54) is 12.1 Å². The summed E-state index contributed by atoms with van der Waals surface area (Å²) in [6.45, 7) is 2.91. The van der Waals surface area contributed by atoms with Crippen LogP contribution in [0.1, 0.15) is 34.3 Å². The molecule has 3 nitrogen and oxygen atoms in total. The van der Waals surface area contributed by atoms with E-state index in [1.807, 2.05) is 60.7 Å². The third-order valence-electron chi connectivity index (χ3n) is 7.22. The fraction of sp³-hybridized carbons (Fsp3) is 0.219. The molecule has 5 rings (SSSR count). The molecule has 0 radical (unpaired) electrons. The van der Waals surface area contributed by atoms with Crippen molar-refractivity contribution in [3.63, 3.8) is 0 Å². The number of carbonyl (C=O) groups excluding carboxylic acids is 1. The van der Waals surface area contributed by atoms with Crippen LogP contribution in [0.3, 0.4) is 0 Å². The number of benzene rings is 4. The maximum absolute atomic E-state index is 13.5. The van der Waals surface area contributed by atoms with Gasteiger partial charge >= 0.3 is 6.18 Å². The summed E-state index contributed by atoms with van der Waals surface area (Å²) >= 11 is 0. The van der Waals surface area contributed by atoms with E-state index in [4.69, 9.17) is 0 Å². The van der Waals surface area contributed by atoms with Crippen LogP contribution in [0.5, 0.6) is 0 Å². The highest BCUT2D eigenvalue weighted by molar-refractivity contribution is 5.68. The number of hydrogen-bond donors (Lipinski definition) is 0. The highest BCUT2D eigenvalue weighted by atomic mass is 19.4. The molecule has 0 bridgehead atoms. The van der Waals surface area contributed by atoms with Gasteiger partial charge in [-0.2, -0.15) is 13.2 Å². The Balaban J connectivity index is 1.35. The second kappa shape index (κ2) is 11.3. The zero-order chi connectivity index (χ0) is 26.5. The number of halogens is 3. The molecule has 1 heterocycles. The number of rotatable bonds is 7. The Kier molecular flexibility index (Phi) is 7.72. The van der Waals surface area contributed by atoms with Gasteiger partial charge in [0.1, 0.15) is 6.29 Å². The molecule has 1 aliphatic rings. The Morgan fingerprint density at radius 1 is 0.789 bits per heavy atom. The molecular formula is C32H29F3N2O. The zero-order valence-corrected chi connectivity index (χ0v) is 20.9. The van der Waals surface area contributed by atoms with Crippen LogP contribution in [0, 0.1) is 0 Å². The third-order valence-corrected chi connectivity index (χ3v) is 7.22. The number of alkyl halides is 3. The van der Waals surface area contributed by atoms with E-state index in [0.29, 0.717) is 12.1 Å². The summed E-state index contributed by atoms with van der Waals surface area (Å²) in [6, 6.07) is 32.8. The number of carbonyl (C=O) groups is 1. The van der Waals surface area contributed by atoms with Crippen molar-refractivity contribution < 1.29 is 18.0 Å². The minimum Gasteiger partial charge on any atom is -0.301 e. The fourth-order valence-corrected chi connectivity index (χ4v) is 5.33. The van der Waals surface area contributed by atoms with Gasteiger partial charge in [-0.3, -0.25) is 9.80 Å². The van der Waals surface area contributed by atoms with Crippen molar-refractivity contribution in [3.05, 3.63) is 131 Å². The van der Waals surface area contributed by atoms with E-state index in [2.05, 4.69) is 21.9 Å². The highest BCUT2D eigenvalue weighted by Gasteiger charge is 2.34. The molecule has 1 saturated heterocycles. The molecule has 1 aliphatic heterocycles. The van der Waals surface area contributed by atoms with E-state index in [9.17, 15) is 18.0 Å². The van der Waals surface area contributed by atoms with Crippen molar-refractivity contribution in [1.29, 1.82) is 0 Å². The van der Waals surface area contributed by atoms with Gasteiger partial charge in [-0.15, -0.1) is 0 Å². The molecule has 38 heavy (non-hydrogen) atoms. The summed E-state index contributed by atoms with van der Waals surface area (Å²) in [4.78, 5) is 16.9. The number of nitrogens with zero attached hydrogens (tertiary/aromatic N) is 2. The first-order valence-corrected chi connectivity index (χ1v) is 12.7. The van der Waals surface area contributed by atoms with E-state index < -0.39 is 11.7 Å². The summed E-state index contributed by atoms with van der Waals surface area (Å²) in [5.74, 6) is 0. The average Bonchev–Trinajstić information content (AvgIpc) is 2.95. The molecule has 2 unspecified atom stereocenters. The van der Waals surface area contributed by atoms with Gasteiger partial charge < -0.3 is 4.79 Å². The standard InChI is InChI=1S/C32H29F3N2O/c33-32(34,35)29-14-8-7-13-28(29)25-17-15-24(16-18-25)21-36-19-20-37(30(22-36)26-9-3-1-4-10-26)31(23-38)27-11-5-2-6-12-27/h1-18,23,30-31H,19-22H2. The lowest BCUT2D eigenvalue weighted by atomic mass is 9.96. The smallest absolute Gasteiger partial charge is 0.301 e. The summed E-state index contributed by atoms with van der Waals surface area (Å²) in [5, 5.41) is 0. The van der Waals surface area contributed by atoms with Gasteiger partial charge in [0.05, 0.1) is 11.6 Å². The number of hydrogen-bond acceptors (Lipinski definition) is 3. The van der Waals surface area contributed by atoms with Crippen LogP contribution in [0.4, 0.5) is 13.2 Å². The van der Waals surface area contributed by atoms with Crippen LogP contribution < -0.4 is 0 Å². The zero-order valence-electron chi connectivity index (χ0n) is 20.9. The largest absolute Gasteiger partial charge is 0.417 e. The second-order valence-electron chi connectivity index (χ2n) is 9.63. The molecule has 0 aromatic heterocycles. The molecule has 2 atom stereocenters. The van der Waals surface area contributed by atoms with Crippen molar-refractivity contribution in [3.8, 4) is 11.1 Å². The molecule has 1 fully saturated rings. The highest BCUT2D eigenvalue weighted by Crippen LogP contribution is 2.37. The Morgan fingerprint density at radius 3 is 2.08 bits per heavy atom. The van der Waals surface area contributed by atoms with Crippen LogP contribution in [0.25, 0.3) is 11.1 Å². The lowest BCUT2D eigenvalue weighted by Gasteiger charge is -2.44. The minimum absolute atomic E-state index is 0.0262. The van der Waals surface area contributed by atoms with Crippen LogP contribution in [0.2, 0.25) is 0 Å². The summed E-state index contributed by atoms with van der Waals surface area (Å²) in [7, 11) is 0. The maximum Gasteiger partial charge on any atom is 0.417 e. The molecule has 6 heteroatoms. The first kappa shape index (κ1) is 25.9. The molecular weight excluding hydrogens is 485 g/mol. The van der Waals surface area contributed by atoms with Crippen LogP contribution in [-0.2, 0) is 17.5 Å². The number of aldehydes is 1. The van der Waals surface area contributed by atoms with Crippen LogP contribution in [-0.4, -0.2) is 35.7 Å². The Morgan fingerprint density at radius 2 is 1.42 bits per heavy atom. The number of piperazine rings is 1. The molecule has 0 aliphatic carbocycles. The monoisotopic (exact) mass is 514 g/mol. The molecule has 0 spiro atoms. The van der Waals surface area contributed by atoms with Crippen molar-refractivity contribution >= 4 is 6.29 Å². The molecule has 194 valence electrons. The van der Waals surface area contributed by atoms with Gasteiger partial charge in [-0.1, -0.05) is 103 Å². The van der Waals surface area contributed by atoms with Gasteiger partial charge in [-0.05, 0) is 33.9 Å². The van der Waals surface area contributed by atoms with Crippen molar-refractivity contribution in [2.75, 3.05) is 19.6 Å². The molecule has 0 saturated carbocycles. The average molecular weight is 515 g/mol. The van der Waals surface area contributed by atoms with Crippen LogP contribution in [0.15, 0.2) is 109 Å². The topological polar surface area (TPSA) is 23.6 Å². The van der Waals surface area contributed by atoms with E-state index in [0.717, 1.165) is 48.7 Å². The molecule has 0 N–H and O–H groups in total. The van der Waals surface area contributed by atoms with Crippen molar-refractivity contribution in [1.82, 2.24) is 9.80 Å². The normalized spacial score (nSPS) is 17.7. The summed E-state index contributed by atoms with van der Waals surface area (Å²) < 4.78 is 40.5. The lowest BCUT2D eigenvalue weighted by Crippen LogP contribution is -2.49. The Bertz CT molecular complexity index is 1340.